The lowest BCUT2D eigenvalue weighted by Crippen LogP contribution is -2.47. The second-order valence-electron chi connectivity index (χ2n) is 9.31. The molecule has 6 rings (SSSR count). The average molecular weight is 526 g/mol. The second-order valence-corrected chi connectivity index (χ2v) is 9.31. The maximum atomic E-state index is 13.5. The van der Waals surface area contributed by atoms with E-state index in [0.29, 0.717) is 40.6 Å². The third-order valence-electron chi connectivity index (χ3n) is 6.97. The fourth-order valence-electron chi connectivity index (χ4n) is 5.00. The van der Waals surface area contributed by atoms with Gasteiger partial charge in [-0.15, -0.1) is 0 Å². The van der Waals surface area contributed by atoms with Crippen molar-refractivity contribution < 1.29 is 28.2 Å². The van der Waals surface area contributed by atoms with Gasteiger partial charge in [0.25, 0.3) is 0 Å². The third kappa shape index (κ3) is 4.63. The number of carbonyl (C=O) groups excluding carboxylic acids is 2. The number of carbonyl (C=O) groups is 2. The van der Waals surface area contributed by atoms with Gasteiger partial charge in [0.2, 0.25) is 18.6 Å². The maximum absolute atomic E-state index is 13.5. The lowest BCUT2D eigenvalue weighted by atomic mass is 10.0. The van der Waals surface area contributed by atoms with Crippen molar-refractivity contribution in [2.24, 2.45) is 0 Å². The summed E-state index contributed by atoms with van der Waals surface area (Å²) in [5.41, 5.74) is 3.98. The van der Waals surface area contributed by atoms with Crippen molar-refractivity contribution in [3.05, 3.63) is 78.0 Å². The zero-order chi connectivity index (χ0) is 26.9. The summed E-state index contributed by atoms with van der Waals surface area (Å²) in [5, 5.41) is 7.37. The summed E-state index contributed by atoms with van der Waals surface area (Å²) in [6, 6.07) is 18.1. The normalized spacial score (nSPS) is 13.0. The van der Waals surface area contributed by atoms with Crippen LogP contribution >= 0.6 is 0 Å². The number of likely N-dealkylation sites (N-methyl/N-ethyl adjacent to an activating group) is 1. The molecule has 0 unspecified atom stereocenters. The van der Waals surface area contributed by atoms with E-state index >= 15 is 0 Å². The molecule has 1 aliphatic heterocycles. The Bertz CT molecular complexity index is 1680. The van der Waals surface area contributed by atoms with Crippen molar-refractivity contribution in [2.75, 3.05) is 21.0 Å². The van der Waals surface area contributed by atoms with Crippen LogP contribution in [0, 0.1) is 0 Å². The van der Waals surface area contributed by atoms with Crippen LogP contribution < -0.4 is 24.8 Å². The topological polar surface area (TPSA) is 115 Å². The highest BCUT2D eigenvalue weighted by molar-refractivity contribution is 5.96. The van der Waals surface area contributed by atoms with Gasteiger partial charge in [-0.3, -0.25) is 9.59 Å². The monoisotopic (exact) mass is 525 g/mol. The molecule has 198 valence electrons. The van der Waals surface area contributed by atoms with Crippen molar-refractivity contribution in [1.29, 1.82) is 0 Å². The smallest absolute Gasteiger partial charge is 0.242 e. The Balaban J connectivity index is 1.32. The van der Waals surface area contributed by atoms with Gasteiger partial charge in [-0.25, -0.2) is 0 Å². The number of fused-ring (bicyclic) bond motifs is 3. The fraction of sp³-hybridized carbons (Fsp3) is 0.200. The fourth-order valence-corrected chi connectivity index (χ4v) is 5.00. The molecule has 0 bridgehead atoms. The summed E-state index contributed by atoms with van der Waals surface area (Å²) < 4.78 is 22.6. The van der Waals surface area contributed by atoms with E-state index in [-0.39, 0.29) is 25.0 Å². The Morgan fingerprint density at radius 1 is 1.03 bits per heavy atom. The van der Waals surface area contributed by atoms with E-state index < -0.39 is 6.04 Å². The van der Waals surface area contributed by atoms with Crippen LogP contribution in [0.4, 0.5) is 0 Å². The number of methoxy groups -OCH3 is 1. The summed E-state index contributed by atoms with van der Waals surface area (Å²) in [7, 11) is 3.16. The highest BCUT2D eigenvalue weighted by atomic mass is 16.7. The maximum Gasteiger partial charge on any atom is 0.242 e. The van der Waals surface area contributed by atoms with Crippen molar-refractivity contribution in [3.8, 4) is 28.6 Å². The Hall–Kier alpha value is -4.92. The number of benzene rings is 3. The number of ether oxygens (including phenoxy) is 3. The molecule has 1 atom stereocenters. The molecule has 0 aliphatic carbocycles. The van der Waals surface area contributed by atoms with Gasteiger partial charge >= 0.3 is 0 Å². The molecule has 0 saturated carbocycles. The minimum absolute atomic E-state index is 0.00458. The first-order valence-electron chi connectivity index (χ1n) is 12.6. The van der Waals surface area contributed by atoms with E-state index in [2.05, 4.69) is 15.6 Å². The molecule has 3 heterocycles. The molecule has 3 aromatic carbocycles. The van der Waals surface area contributed by atoms with E-state index in [0.717, 1.165) is 27.4 Å². The van der Waals surface area contributed by atoms with E-state index in [1.54, 1.807) is 20.2 Å². The number of nitrogens with one attached hydrogen (secondary N) is 3. The summed E-state index contributed by atoms with van der Waals surface area (Å²) in [5.74, 6) is 1.86. The van der Waals surface area contributed by atoms with Crippen LogP contribution in [0.2, 0.25) is 0 Å². The Morgan fingerprint density at radius 3 is 2.56 bits per heavy atom. The summed E-state index contributed by atoms with van der Waals surface area (Å²) in [4.78, 5) is 29.5. The molecule has 0 saturated heterocycles. The molecule has 9 heteroatoms. The predicted octanol–water partition coefficient (Wildman–Crippen LogP) is 4.33. The zero-order valence-corrected chi connectivity index (χ0v) is 21.5. The number of amides is 2. The summed E-state index contributed by atoms with van der Waals surface area (Å²) >= 11 is 0. The van der Waals surface area contributed by atoms with E-state index in [1.807, 2.05) is 60.8 Å². The molecule has 5 aromatic rings. The number of aromatic amines is 1. The SMILES string of the molecule is CNC(=O)[C@@H](Cc1c[nH]c2ccccc12)NC(=O)Cc1c(-c2ccc(OC)cc2)oc2cc3c(cc12)OCO3. The lowest BCUT2D eigenvalue weighted by molar-refractivity contribution is -0.128. The van der Waals surface area contributed by atoms with Gasteiger partial charge in [0.1, 0.15) is 23.1 Å². The van der Waals surface area contributed by atoms with Gasteiger partial charge in [0, 0.05) is 53.1 Å². The summed E-state index contributed by atoms with van der Waals surface area (Å²) in [6.07, 6.45) is 2.21. The van der Waals surface area contributed by atoms with Crippen LogP contribution in [-0.4, -0.2) is 43.8 Å². The number of hydrogen-bond donors (Lipinski definition) is 3. The lowest BCUT2D eigenvalue weighted by Gasteiger charge is -2.17. The number of para-hydroxylation sites is 1. The largest absolute Gasteiger partial charge is 0.497 e. The molecule has 0 spiro atoms. The molecule has 3 N–H and O–H groups in total. The zero-order valence-electron chi connectivity index (χ0n) is 21.5. The third-order valence-corrected chi connectivity index (χ3v) is 6.97. The number of H-pyrrole nitrogens is 1. The first kappa shape index (κ1) is 24.4. The van der Waals surface area contributed by atoms with Gasteiger partial charge in [-0.2, -0.15) is 0 Å². The molecule has 2 amide bonds. The Kier molecular flexibility index (Phi) is 6.32. The first-order chi connectivity index (χ1) is 19.0. The predicted molar refractivity (Wildman–Crippen MR) is 146 cm³/mol. The highest BCUT2D eigenvalue weighted by Gasteiger charge is 2.26. The van der Waals surface area contributed by atoms with Crippen LogP contribution in [0.3, 0.4) is 0 Å². The van der Waals surface area contributed by atoms with Crippen molar-refractivity contribution in [1.82, 2.24) is 15.6 Å². The molecule has 2 aromatic heterocycles. The van der Waals surface area contributed by atoms with Crippen LogP contribution in [-0.2, 0) is 22.4 Å². The van der Waals surface area contributed by atoms with Gasteiger partial charge in [0.15, 0.2) is 11.5 Å². The Labute approximate surface area is 224 Å². The number of furan rings is 1. The molecule has 1 aliphatic rings. The van der Waals surface area contributed by atoms with E-state index in [1.165, 1.54) is 0 Å². The van der Waals surface area contributed by atoms with E-state index in [9.17, 15) is 9.59 Å². The van der Waals surface area contributed by atoms with Crippen LogP contribution in [0.15, 0.2) is 71.3 Å². The molecule has 9 nitrogen and oxygen atoms in total. The second kappa shape index (κ2) is 10.1. The van der Waals surface area contributed by atoms with Crippen molar-refractivity contribution in [3.63, 3.8) is 0 Å². The summed E-state index contributed by atoms with van der Waals surface area (Å²) in [6.45, 7) is 0.130. The molecule has 0 radical (unpaired) electrons. The van der Waals surface area contributed by atoms with Crippen molar-refractivity contribution >= 4 is 33.7 Å². The molecule has 0 fully saturated rings. The average Bonchev–Trinajstić information content (AvgIpc) is 3.68. The molecular formula is C30H27N3O6. The van der Waals surface area contributed by atoms with Gasteiger partial charge in [0.05, 0.1) is 13.5 Å². The van der Waals surface area contributed by atoms with Gasteiger partial charge in [-0.05, 0) is 42.0 Å². The standard InChI is InChI=1S/C30H27N3O6/c1-31-30(35)24(11-18-15-32-23-6-4-3-5-20(18)23)33-28(34)13-22-21-12-26-27(38-16-37-26)14-25(21)39-29(22)17-7-9-19(36-2)10-8-17/h3-10,12,14-15,24,32H,11,13,16H2,1-2H3,(H,31,35)(H,33,34)/t24-/m1/s1. The quantitative estimate of drug-likeness (QED) is 0.278. The van der Waals surface area contributed by atoms with Crippen LogP contribution in [0.5, 0.6) is 17.2 Å². The number of rotatable bonds is 8. The van der Waals surface area contributed by atoms with Gasteiger partial charge in [-0.1, -0.05) is 18.2 Å². The molecular weight excluding hydrogens is 498 g/mol. The minimum atomic E-state index is -0.759. The Morgan fingerprint density at radius 2 is 1.79 bits per heavy atom. The minimum Gasteiger partial charge on any atom is -0.497 e. The first-order valence-corrected chi connectivity index (χ1v) is 12.6. The van der Waals surface area contributed by atoms with Crippen molar-refractivity contribution in [2.45, 2.75) is 18.9 Å². The highest BCUT2D eigenvalue weighted by Crippen LogP contribution is 2.42. The number of hydrogen-bond acceptors (Lipinski definition) is 6. The van der Waals surface area contributed by atoms with Crippen LogP contribution in [0.25, 0.3) is 33.2 Å². The molecule has 39 heavy (non-hydrogen) atoms. The number of aromatic nitrogens is 1. The van der Waals surface area contributed by atoms with Crippen LogP contribution in [0.1, 0.15) is 11.1 Å². The van der Waals surface area contributed by atoms with E-state index in [4.69, 9.17) is 18.6 Å². The van der Waals surface area contributed by atoms with Gasteiger partial charge < -0.3 is 34.2 Å².